The normalized spacial score (nSPS) is 18.3. The maximum atomic E-state index is 12.3. The number of amides is 2. The largest absolute Gasteiger partial charge is 0.484 e. The molecule has 1 aliphatic carbocycles. The van der Waals surface area contributed by atoms with Crippen molar-refractivity contribution in [2.75, 3.05) is 13.2 Å². The van der Waals surface area contributed by atoms with Gasteiger partial charge in [-0.15, -0.1) is 0 Å². The molecule has 1 aliphatic rings. The van der Waals surface area contributed by atoms with Crippen LogP contribution in [0.25, 0.3) is 0 Å². The Balaban J connectivity index is 1.45. The summed E-state index contributed by atoms with van der Waals surface area (Å²) in [6, 6.07) is 14.4. The second-order valence-corrected chi connectivity index (χ2v) is 8.95. The number of carbonyl (C=O) groups is 2. The van der Waals surface area contributed by atoms with Gasteiger partial charge in [0.25, 0.3) is 11.8 Å². The van der Waals surface area contributed by atoms with Gasteiger partial charge in [0.15, 0.2) is 13.2 Å². The molecule has 0 spiro atoms. The first-order valence-corrected chi connectivity index (χ1v) is 11.4. The van der Waals surface area contributed by atoms with Crippen molar-refractivity contribution in [2.24, 2.45) is 0 Å². The zero-order valence-corrected chi connectivity index (χ0v) is 19.6. The number of benzene rings is 2. The molecule has 2 aromatic rings. The zero-order valence-electron chi connectivity index (χ0n) is 16.4. The minimum absolute atomic E-state index is 0.0640. The SMILES string of the molecule is O=C(COc1ccc(Br)cc1)N[C@H]1CCCC[C@H]1NC(=O)COc1ccc(Br)cc1. The number of ether oxygens (including phenoxy) is 2. The topological polar surface area (TPSA) is 76.7 Å². The van der Waals surface area contributed by atoms with Crippen molar-refractivity contribution < 1.29 is 19.1 Å². The van der Waals surface area contributed by atoms with Gasteiger partial charge in [0.05, 0.1) is 0 Å². The van der Waals surface area contributed by atoms with Gasteiger partial charge < -0.3 is 20.1 Å². The summed E-state index contributed by atoms with van der Waals surface area (Å²) in [4.78, 5) is 24.7. The van der Waals surface area contributed by atoms with Crippen molar-refractivity contribution in [1.29, 1.82) is 0 Å². The Morgan fingerprint density at radius 2 is 1.10 bits per heavy atom. The van der Waals surface area contributed by atoms with Crippen LogP contribution in [0.1, 0.15) is 25.7 Å². The summed E-state index contributed by atoms with van der Waals surface area (Å²) in [5.74, 6) is 0.865. The molecule has 0 radical (unpaired) electrons. The Bertz CT molecular complexity index is 772. The Labute approximate surface area is 193 Å². The molecule has 3 rings (SSSR count). The molecule has 0 aromatic heterocycles. The van der Waals surface area contributed by atoms with Crippen LogP contribution < -0.4 is 20.1 Å². The summed E-state index contributed by atoms with van der Waals surface area (Å²) < 4.78 is 13.0. The average Bonchev–Trinajstić information content (AvgIpc) is 2.74. The fraction of sp³-hybridized carbons (Fsp3) is 0.364. The third kappa shape index (κ3) is 7.32. The van der Waals surface area contributed by atoms with E-state index in [-0.39, 0.29) is 37.1 Å². The first-order chi connectivity index (χ1) is 14.5. The van der Waals surface area contributed by atoms with E-state index in [0.29, 0.717) is 11.5 Å². The maximum absolute atomic E-state index is 12.3. The van der Waals surface area contributed by atoms with E-state index in [1.165, 1.54) is 0 Å². The molecule has 0 bridgehead atoms. The second-order valence-electron chi connectivity index (χ2n) is 7.12. The van der Waals surface area contributed by atoms with Crippen LogP contribution in [0.3, 0.4) is 0 Å². The first kappa shape index (κ1) is 22.6. The van der Waals surface area contributed by atoms with Gasteiger partial charge in [-0.3, -0.25) is 9.59 Å². The van der Waals surface area contributed by atoms with E-state index in [4.69, 9.17) is 9.47 Å². The fourth-order valence-corrected chi connectivity index (χ4v) is 3.86. The van der Waals surface area contributed by atoms with E-state index in [2.05, 4.69) is 42.5 Å². The van der Waals surface area contributed by atoms with E-state index < -0.39 is 0 Å². The molecule has 1 fully saturated rings. The van der Waals surface area contributed by atoms with Gasteiger partial charge in [-0.1, -0.05) is 44.7 Å². The highest BCUT2D eigenvalue weighted by molar-refractivity contribution is 9.10. The predicted octanol–water partition coefficient (Wildman–Crippen LogP) is 4.21. The molecule has 30 heavy (non-hydrogen) atoms. The molecule has 0 heterocycles. The zero-order chi connectivity index (χ0) is 21.3. The number of carbonyl (C=O) groups excluding carboxylic acids is 2. The van der Waals surface area contributed by atoms with Gasteiger partial charge in [0.2, 0.25) is 0 Å². The molecular formula is C22H24Br2N2O4. The number of nitrogens with one attached hydrogen (secondary N) is 2. The molecule has 2 aromatic carbocycles. The summed E-state index contributed by atoms with van der Waals surface area (Å²) in [5.41, 5.74) is 0. The van der Waals surface area contributed by atoms with Crippen molar-refractivity contribution in [2.45, 2.75) is 37.8 Å². The monoisotopic (exact) mass is 538 g/mol. The van der Waals surface area contributed by atoms with Gasteiger partial charge in [-0.2, -0.15) is 0 Å². The number of hydrogen-bond donors (Lipinski definition) is 2. The summed E-state index contributed by atoms with van der Waals surface area (Å²) in [7, 11) is 0. The van der Waals surface area contributed by atoms with E-state index in [0.717, 1.165) is 34.6 Å². The molecule has 1 saturated carbocycles. The van der Waals surface area contributed by atoms with Crippen molar-refractivity contribution in [1.82, 2.24) is 10.6 Å². The molecule has 2 N–H and O–H groups in total. The van der Waals surface area contributed by atoms with Gasteiger partial charge in [-0.25, -0.2) is 0 Å². The van der Waals surface area contributed by atoms with E-state index in [9.17, 15) is 9.59 Å². The Morgan fingerprint density at radius 1 is 0.733 bits per heavy atom. The van der Waals surface area contributed by atoms with E-state index in [1.807, 2.05) is 24.3 Å². The molecule has 0 aliphatic heterocycles. The van der Waals surface area contributed by atoms with Crippen LogP contribution >= 0.6 is 31.9 Å². The quantitative estimate of drug-likeness (QED) is 0.526. The Hall–Kier alpha value is -2.06. The van der Waals surface area contributed by atoms with E-state index in [1.54, 1.807) is 24.3 Å². The molecular weight excluding hydrogens is 516 g/mol. The second kappa shape index (κ2) is 11.4. The highest BCUT2D eigenvalue weighted by Gasteiger charge is 2.28. The molecule has 2 atom stereocenters. The molecule has 6 nitrogen and oxygen atoms in total. The highest BCUT2D eigenvalue weighted by atomic mass is 79.9. The molecule has 0 saturated heterocycles. The molecule has 0 unspecified atom stereocenters. The van der Waals surface area contributed by atoms with E-state index >= 15 is 0 Å². The standard InChI is InChI=1S/C22H24Br2N2O4/c23-15-5-9-17(10-6-15)29-13-21(27)25-19-3-1-2-4-20(19)26-22(28)14-30-18-11-7-16(24)8-12-18/h5-12,19-20H,1-4,13-14H2,(H,25,27)(H,26,28)/t19-,20+. The minimum Gasteiger partial charge on any atom is -0.484 e. The lowest BCUT2D eigenvalue weighted by atomic mass is 9.90. The molecule has 2 amide bonds. The number of rotatable bonds is 8. The fourth-order valence-electron chi connectivity index (χ4n) is 3.33. The summed E-state index contributed by atoms with van der Waals surface area (Å²) in [6.07, 6.45) is 3.67. The minimum atomic E-state index is -0.199. The highest BCUT2D eigenvalue weighted by Crippen LogP contribution is 2.20. The summed E-state index contributed by atoms with van der Waals surface area (Å²) in [5, 5.41) is 6.00. The van der Waals surface area contributed by atoms with Crippen LogP contribution in [0, 0.1) is 0 Å². The lowest BCUT2D eigenvalue weighted by molar-refractivity contribution is -0.127. The summed E-state index contributed by atoms with van der Waals surface area (Å²) >= 11 is 6.73. The molecule has 160 valence electrons. The third-order valence-electron chi connectivity index (χ3n) is 4.83. The van der Waals surface area contributed by atoms with Crippen LogP contribution in [0.15, 0.2) is 57.5 Å². The van der Waals surface area contributed by atoms with Crippen LogP contribution in [0.4, 0.5) is 0 Å². The smallest absolute Gasteiger partial charge is 0.258 e. The van der Waals surface area contributed by atoms with Crippen LogP contribution in [0.2, 0.25) is 0 Å². The van der Waals surface area contributed by atoms with Crippen molar-refractivity contribution in [3.8, 4) is 11.5 Å². The maximum Gasteiger partial charge on any atom is 0.258 e. The third-order valence-corrected chi connectivity index (χ3v) is 5.88. The number of hydrogen-bond acceptors (Lipinski definition) is 4. The van der Waals surface area contributed by atoms with Crippen LogP contribution in [-0.2, 0) is 9.59 Å². The van der Waals surface area contributed by atoms with Crippen molar-refractivity contribution in [3.63, 3.8) is 0 Å². The van der Waals surface area contributed by atoms with Gasteiger partial charge in [0.1, 0.15) is 11.5 Å². The first-order valence-electron chi connectivity index (χ1n) is 9.85. The van der Waals surface area contributed by atoms with Gasteiger partial charge in [0, 0.05) is 21.0 Å². The molecule has 8 heteroatoms. The van der Waals surface area contributed by atoms with Crippen LogP contribution in [-0.4, -0.2) is 37.1 Å². The Kier molecular flexibility index (Phi) is 8.57. The van der Waals surface area contributed by atoms with Gasteiger partial charge >= 0.3 is 0 Å². The average molecular weight is 540 g/mol. The van der Waals surface area contributed by atoms with Gasteiger partial charge in [-0.05, 0) is 61.4 Å². The Morgan fingerprint density at radius 3 is 1.47 bits per heavy atom. The van der Waals surface area contributed by atoms with Crippen LogP contribution in [0.5, 0.6) is 11.5 Å². The number of halogens is 2. The van der Waals surface area contributed by atoms with Crippen molar-refractivity contribution in [3.05, 3.63) is 57.5 Å². The summed E-state index contributed by atoms with van der Waals surface area (Å²) in [6.45, 7) is -0.128. The van der Waals surface area contributed by atoms with Crippen molar-refractivity contribution >= 4 is 43.7 Å². The predicted molar refractivity (Wildman–Crippen MR) is 122 cm³/mol. The lowest BCUT2D eigenvalue weighted by Crippen LogP contribution is -2.54. The lowest BCUT2D eigenvalue weighted by Gasteiger charge is -2.32.